The minimum atomic E-state index is 0.133. The fourth-order valence-corrected chi connectivity index (χ4v) is 3.37. The second-order valence-electron chi connectivity index (χ2n) is 6.34. The number of hydrogen-bond donors (Lipinski definition) is 0. The van der Waals surface area contributed by atoms with E-state index in [1.54, 1.807) is 20.3 Å². The van der Waals surface area contributed by atoms with Gasteiger partial charge in [-0.3, -0.25) is 4.79 Å². The summed E-state index contributed by atoms with van der Waals surface area (Å²) in [7, 11) is 3.30. The number of nitrogens with zero attached hydrogens (tertiary/aromatic N) is 1. The quantitative estimate of drug-likeness (QED) is 0.793. The number of aryl methyl sites for hydroxylation is 1. The number of rotatable bonds is 4. The van der Waals surface area contributed by atoms with E-state index in [-0.39, 0.29) is 5.91 Å². The lowest BCUT2D eigenvalue weighted by atomic mass is 9.91. The van der Waals surface area contributed by atoms with Crippen LogP contribution in [0.25, 0.3) is 6.08 Å². The molecule has 2 aliphatic rings. The van der Waals surface area contributed by atoms with Crippen LogP contribution in [0, 0.1) is 0 Å². The monoisotopic (exact) mass is 327 g/mol. The molecule has 0 bridgehead atoms. The van der Waals surface area contributed by atoms with Gasteiger partial charge in [0.2, 0.25) is 5.91 Å². The SMILES string of the molecule is COc1cc2c(cc1OC)CCC(C=CC(=O)N1CCCCC1)=C2. The summed E-state index contributed by atoms with van der Waals surface area (Å²) in [5.74, 6) is 1.64. The van der Waals surface area contributed by atoms with Crippen LogP contribution in [0.1, 0.15) is 36.8 Å². The molecule has 1 aromatic carbocycles. The van der Waals surface area contributed by atoms with Crippen LogP contribution in [0.15, 0.2) is 29.9 Å². The van der Waals surface area contributed by atoms with Crippen LogP contribution in [0.2, 0.25) is 0 Å². The van der Waals surface area contributed by atoms with Crippen molar-refractivity contribution in [3.63, 3.8) is 0 Å². The molecule has 0 unspecified atom stereocenters. The predicted molar refractivity (Wildman–Crippen MR) is 95.4 cm³/mol. The predicted octanol–water partition coefficient (Wildman–Crippen LogP) is 3.60. The van der Waals surface area contributed by atoms with Crippen LogP contribution in [0.4, 0.5) is 0 Å². The molecule has 0 N–H and O–H groups in total. The molecule has 1 aliphatic heterocycles. The zero-order chi connectivity index (χ0) is 16.9. The van der Waals surface area contributed by atoms with Crippen molar-refractivity contribution in [2.45, 2.75) is 32.1 Å². The van der Waals surface area contributed by atoms with E-state index in [0.29, 0.717) is 0 Å². The van der Waals surface area contributed by atoms with E-state index >= 15 is 0 Å². The van der Waals surface area contributed by atoms with Crippen LogP contribution in [-0.2, 0) is 11.2 Å². The lowest BCUT2D eigenvalue weighted by Crippen LogP contribution is -2.34. The number of piperidine rings is 1. The molecule has 3 rings (SSSR count). The smallest absolute Gasteiger partial charge is 0.246 e. The van der Waals surface area contributed by atoms with Gasteiger partial charge in [-0.1, -0.05) is 12.2 Å². The van der Waals surface area contributed by atoms with E-state index in [1.807, 2.05) is 23.1 Å². The van der Waals surface area contributed by atoms with Gasteiger partial charge < -0.3 is 14.4 Å². The van der Waals surface area contributed by atoms with Crippen LogP contribution >= 0.6 is 0 Å². The summed E-state index contributed by atoms with van der Waals surface area (Å²) in [5.41, 5.74) is 3.58. The van der Waals surface area contributed by atoms with Gasteiger partial charge in [0.15, 0.2) is 11.5 Å². The molecule has 0 saturated carbocycles. The highest BCUT2D eigenvalue weighted by Crippen LogP contribution is 2.35. The molecule has 0 spiro atoms. The van der Waals surface area contributed by atoms with Crippen molar-refractivity contribution < 1.29 is 14.3 Å². The summed E-state index contributed by atoms with van der Waals surface area (Å²) in [6.07, 6.45) is 11.2. The van der Waals surface area contributed by atoms with Crippen molar-refractivity contribution in [3.8, 4) is 11.5 Å². The molecule has 128 valence electrons. The van der Waals surface area contributed by atoms with E-state index < -0.39 is 0 Å². The van der Waals surface area contributed by atoms with Crippen molar-refractivity contribution in [2.75, 3.05) is 27.3 Å². The molecule has 0 atom stereocenters. The zero-order valence-electron chi connectivity index (χ0n) is 14.5. The number of carbonyl (C=O) groups excluding carboxylic acids is 1. The van der Waals surface area contributed by atoms with Gasteiger partial charge in [-0.2, -0.15) is 0 Å². The molecule has 1 fully saturated rings. The third-order valence-electron chi connectivity index (χ3n) is 4.78. The van der Waals surface area contributed by atoms with E-state index in [2.05, 4.69) is 6.08 Å². The summed E-state index contributed by atoms with van der Waals surface area (Å²) >= 11 is 0. The van der Waals surface area contributed by atoms with Gasteiger partial charge in [-0.25, -0.2) is 0 Å². The van der Waals surface area contributed by atoms with Gasteiger partial charge in [-0.15, -0.1) is 0 Å². The number of allylic oxidation sites excluding steroid dienone is 2. The van der Waals surface area contributed by atoms with Gasteiger partial charge in [0, 0.05) is 19.2 Å². The van der Waals surface area contributed by atoms with Gasteiger partial charge in [0.05, 0.1) is 14.2 Å². The first-order valence-corrected chi connectivity index (χ1v) is 8.63. The molecule has 1 heterocycles. The number of carbonyl (C=O) groups is 1. The number of benzene rings is 1. The van der Waals surface area contributed by atoms with Gasteiger partial charge in [0.25, 0.3) is 0 Å². The Morgan fingerprint density at radius 1 is 1.04 bits per heavy atom. The molecule has 0 radical (unpaired) electrons. The molecule has 4 heteroatoms. The lowest BCUT2D eigenvalue weighted by Gasteiger charge is -2.25. The fraction of sp³-hybridized carbons (Fsp3) is 0.450. The summed E-state index contributed by atoms with van der Waals surface area (Å²) in [4.78, 5) is 14.2. The maximum Gasteiger partial charge on any atom is 0.246 e. The highest BCUT2D eigenvalue weighted by molar-refractivity contribution is 5.88. The van der Waals surface area contributed by atoms with E-state index in [1.165, 1.54) is 17.6 Å². The second kappa shape index (κ2) is 7.56. The Morgan fingerprint density at radius 2 is 1.75 bits per heavy atom. The van der Waals surface area contributed by atoms with E-state index in [0.717, 1.165) is 55.8 Å². The Bertz CT molecular complexity index is 670. The number of likely N-dealkylation sites (tertiary alicyclic amines) is 1. The minimum absolute atomic E-state index is 0.133. The number of methoxy groups -OCH3 is 2. The van der Waals surface area contributed by atoms with Crippen LogP contribution in [-0.4, -0.2) is 38.1 Å². The molecule has 4 nitrogen and oxygen atoms in total. The molecule has 0 aromatic heterocycles. The van der Waals surface area contributed by atoms with Crippen LogP contribution < -0.4 is 9.47 Å². The molecular formula is C20H25NO3. The topological polar surface area (TPSA) is 38.8 Å². The van der Waals surface area contributed by atoms with Crippen molar-refractivity contribution in [2.24, 2.45) is 0 Å². The summed E-state index contributed by atoms with van der Waals surface area (Å²) in [6.45, 7) is 1.78. The summed E-state index contributed by atoms with van der Waals surface area (Å²) in [5, 5.41) is 0. The van der Waals surface area contributed by atoms with E-state index in [9.17, 15) is 4.79 Å². The van der Waals surface area contributed by atoms with Crippen molar-refractivity contribution in [3.05, 3.63) is 41.0 Å². The first-order chi connectivity index (χ1) is 11.7. The average molecular weight is 327 g/mol. The standard InChI is InChI=1S/C20H25NO3/c1-23-18-13-16-8-6-15(12-17(16)14-19(18)24-2)7-9-20(22)21-10-4-3-5-11-21/h7,9,12-14H,3-6,8,10-11H2,1-2H3. The van der Waals surface area contributed by atoms with Crippen LogP contribution in [0.5, 0.6) is 11.5 Å². The molecule has 24 heavy (non-hydrogen) atoms. The van der Waals surface area contributed by atoms with Crippen LogP contribution in [0.3, 0.4) is 0 Å². The summed E-state index contributed by atoms with van der Waals surface area (Å²) in [6, 6.07) is 4.05. The highest BCUT2D eigenvalue weighted by atomic mass is 16.5. The lowest BCUT2D eigenvalue weighted by molar-refractivity contribution is -0.126. The van der Waals surface area contributed by atoms with Gasteiger partial charge in [-0.05, 0) is 60.9 Å². The van der Waals surface area contributed by atoms with Crippen molar-refractivity contribution >= 4 is 12.0 Å². The largest absolute Gasteiger partial charge is 0.493 e. The van der Waals surface area contributed by atoms with E-state index in [4.69, 9.17) is 9.47 Å². The fourth-order valence-electron chi connectivity index (χ4n) is 3.37. The second-order valence-corrected chi connectivity index (χ2v) is 6.34. The zero-order valence-corrected chi connectivity index (χ0v) is 14.5. The third-order valence-corrected chi connectivity index (χ3v) is 4.78. The Kier molecular flexibility index (Phi) is 5.24. The maximum atomic E-state index is 12.2. The third kappa shape index (κ3) is 3.64. The number of ether oxygens (including phenoxy) is 2. The maximum absolute atomic E-state index is 12.2. The molecule has 1 aliphatic carbocycles. The molecule has 1 aromatic rings. The van der Waals surface area contributed by atoms with Gasteiger partial charge in [0.1, 0.15) is 0 Å². The first-order valence-electron chi connectivity index (χ1n) is 8.63. The highest BCUT2D eigenvalue weighted by Gasteiger charge is 2.16. The van der Waals surface area contributed by atoms with Gasteiger partial charge >= 0.3 is 0 Å². The van der Waals surface area contributed by atoms with Crippen molar-refractivity contribution in [1.82, 2.24) is 4.90 Å². The normalized spacial score (nSPS) is 17.4. The number of amides is 1. The molecular weight excluding hydrogens is 302 g/mol. The Balaban J connectivity index is 1.75. The molecule has 1 amide bonds. The minimum Gasteiger partial charge on any atom is -0.493 e. The number of hydrogen-bond acceptors (Lipinski definition) is 3. The Hall–Kier alpha value is -2.23. The average Bonchev–Trinajstić information content (AvgIpc) is 2.65. The first kappa shape index (κ1) is 16.6. The number of fused-ring (bicyclic) bond motifs is 1. The molecule has 1 saturated heterocycles. The van der Waals surface area contributed by atoms with Crippen molar-refractivity contribution in [1.29, 1.82) is 0 Å². The summed E-state index contributed by atoms with van der Waals surface area (Å²) < 4.78 is 10.7. The Morgan fingerprint density at radius 3 is 2.46 bits per heavy atom. The Labute approximate surface area is 143 Å².